The molecule has 13 nitrogen and oxygen atoms in total. The number of nitrogens with zero attached hydrogens (tertiary/aromatic N) is 1. The van der Waals surface area contributed by atoms with Gasteiger partial charge in [0.1, 0.15) is 12.1 Å². The predicted molar refractivity (Wildman–Crippen MR) is 166 cm³/mol. The first-order chi connectivity index (χ1) is 20.8. The van der Waals surface area contributed by atoms with E-state index in [-0.39, 0.29) is 36.8 Å². The van der Waals surface area contributed by atoms with Gasteiger partial charge in [0, 0.05) is 13.1 Å². The van der Waals surface area contributed by atoms with Gasteiger partial charge < -0.3 is 25.6 Å². The number of carbonyl (C=O) groups excluding carboxylic acids is 5. The van der Waals surface area contributed by atoms with Crippen LogP contribution < -0.4 is 20.7 Å². The van der Waals surface area contributed by atoms with Gasteiger partial charge >= 0.3 is 6.09 Å². The summed E-state index contributed by atoms with van der Waals surface area (Å²) < 4.78 is 30.8. The van der Waals surface area contributed by atoms with Crippen molar-refractivity contribution in [1.82, 2.24) is 25.6 Å². The topological polar surface area (TPSA) is 180 Å². The number of hydrogen-bond acceptors (Lipinski definition) is 8. The Hall–Kier alpha value is -3.00. The zero-order valence-corrected chi connectivity index (χ0v) is 27.4. The third-order valence-electron chi connectivity index (χ3n) is 8.33. The summed E-state index contributed by atoms with van der Waals surface area (Å²) in [5.41, 5.74) is 0. The second kappa shape index (κ2) is 18.1. The van der Waals surface area contributed by atoms with Crippen LogP contribution in [0.3, 0.4) is 0 Å². The molecule has 1 saturated heterocycles. The van der Waals surface area contributed by atoms with Crippen LogP contribution in [0.1, 0.15) is 85.0 Å². The Bertz CT molecular complexity index is 1120. The number of Topliss-reactive ketones (excluding diaryl/α,β-unsaturated/α-hetero) is 1. The van der Waals surface area contributed by atoms with Crippen LogP contribution in [0.15, 0.2) is 12.7 Å². The zero-order chi connectivity index (χ0) is 32.9. The SMILES string of the molecule is C=CCCCC(NC(=O)C1[C@@H](CC)CCN1C(=O)C(NC(=O)OC(C)C)C1CCCCC1)C(=O)C(=O)NCCS(=O)(=O)NC. The van der Waals surface area contributed by atoms with Gasteiger partial charge in [-0.25, -0.2) is 17.9 Å². The standard InChI is InChI=1S/C30H51N5O8S/c1-6-8-10-15-23(26(36)28(38)32-17-19-44(41,42)31-5)33-27(37)25-21(7-2)16-18-35(25)29(39)24(22-13-11-9-12-14-22)34-30(40)43-20(3)4/h6,20-25,31H,1,7-19H2,2-5H3,(H,32,38)(H,33,37)(H,34,40)/t21-,23?,24?,25?/m0/s1. The van der Waals surface area contributed by atoms with Crippen LogP contribution in [0.4, 0.5) is 4.79 Å². The van der Waals surface area contributed by atoms with Crippen molar-refractivity contribution in [3.05, 3.63) is 12.7 Å². The smallest absolute Gasteiger partial charge is 0.408 e. The fraction of sp³-hybridized carbons (Fsp3) is 0.767. The van der Waals surface area contributed by atoms with E-state index in [1.807, 2.05) is 6.92 Å². The molecule has 1 aliphatic carbocycles. The Morgan fingerprint density at radius 2 is 1.73 bits per heavy atom. The maximum Gasteiger partial charge on any atom is 0.408 e. The highest BCUT2D eigenvalue weighted by Crippen LogP contribution is 2.32. The van der Waals surface area contributed by atoms with E-state index in [4.69, 9.17) is 4.74 Å². The van der Waals surface area contributed by atoms with Crippen LogP contribution in [-0.2, 0) is 33.9 Å². The van der Waals surface area contributed by atoms with Crippen molar-refractivity contribution in [3.63, 3.8) is 0 Å². The molecule has 2 fully saturated rings. The summed E-state index contributed by atoms with van der Waals surface area (Å²) in [6, 6.07) is -2.91. The van der Waals surface area contributed by atoms with E-state index < -0.39 is 57.6 Å². The molecule has 1 heterocycles. The summed E-state index contributed by atoms with van der Waals surface area (Å²) in [6.45, 7) is 9.08. The number of hydrogen-bond donors (Lipinski definition) is 4. The minimum absolute atomic E-state index is 0.0935. The molecule has 4 atom stereocenters. The number of likely N-dealkylation sites (tertiary alicyclic amines) is 1. The van der Waals surface area contributed by atoms with E-state index in [0.717, 1.165) is 32.1 Å². The zero-order valence-electron chi connectivity index (χ0n) is 26.6. The summed E-state index contributed by atoms with van der Waals surface area (Å²) in [4.78, 5) is 67.9. The molecule has 0 radical (unpaired) electrons. The molecule has 3 unspecified atom stereocenters. The van der Waals surface area contributed by atoms with Gasteiger partial charge in [-0.3, -0.25) is 19.2 Å². The van der Waals surface area contributed by atoms with Crippen molar-refractivity contribution < 1.29 is 37.1 Å². The minimum atomic E-state index is -3.59. The summed E-state index contributed by atoms with van der Waals surface area (Å²) in [5.74, 6) is -3.48. The molecule has 0 aromatic rings. The van der Waals surface area contributed by atoms with E-state index >= 15 is 0 Å². The van der Waals surface area contributed by atoms with Crippen molar-refractivity contribution >= 4 is 39.6 Å². The van der Waals surface area contributed by atoms with Gasteiger partial charge in [0.2, 0.25) is 27.6 Å². The Labute approximate surface area is 261 Å². The number of rotatable bonds is 17. The van der Waals surface area contributed by atoms with Gasteiger partial charge in [0.05, 0.1) is 17.9 Å². The van der Waals surface area contributed by atoms with E-state index in [1.54, 1.807) is 19.9 Å². The normalized spacial score (nSPS) is 20.4. The quantitative estimate of drug-likeness (QED) is 0.105. The molecule has 1 aliphatic heterocycles. The number of alkyl carbamates (subject to hydrolysis) is 1. The largest absolute Gasteiger partial charge is 0.447 e. The van der Waals surface area contributed by atoms with Crippen molar-refractivity contribution in [2.75, 3.05) is 25.9 Å². The molecular weight excluding hydrogens is 590 g/mol. The number of ether oxygens (including phenoxy) is 1. The van der Waals surface area contributed by atoms with Gasteiger partial charge in [-0.1, -0.05) is 38.7 Å². The molecule has 1 saturated carbocycles. The first-order valence-electron chi connectivity index (χ1n) is 15.8. The fourth-order valence-electron chi connectivity index (χ4n) is 5.93. The van der Waals surface area contributed by atoms with Crippen molar-refractivity contribution in [1.29, 1.82) is 0 Å². The van der Waals surface area contributed by atoms with Gasteiger partial charge in [-0.15, -0.1) is 6.58 Å². The van der Waals surface area contributed by atoms with Crippen molar-refractivity contribution in [2.45, 2.75) is 109 Å². The van der Waals surface area contributed by atoms with Crippen LogP contribution in [0.5, 0.6) is 0 Å². The molecule has 0 aromatic carbocycles. The molecular formula is C30H51N5O8S. The lowest BCUT2D eigenvalue weighted by atomic mass is 9.83. The number of unbranched alkanes of at least 4 members (excludes halogenated alkanes) is 1. The number of sulfonamides is 1. The lowest BCUT2D eigenvalue weighted by Gasteiger charge is -2.35. The van der Waals surface area contributed by atoms with Crippen LogP contribution >= 0.6 is 0 Å². The molecule has 250 valence electrons. The van der Waals surface area contributed by atoms with E-state index in [1.165, 1.54) is 11.9 Å². The molecule has 0 bridgehead atoms. The lowest BCUT2D eigenvalue weighted by molar-refractivity contribution is -0.144. The molecule has 2 rings (SSSR count). The first-order valence-corrected chi connectivity index (χ1v) is 17.4. The molecule has 2 aliphatic rings. The predicted octanol–water partition coefficient (Wildman–Crippen LogP) is 1.77. The third-order valence-corrected chi connectivity index (χ3v) is 9.69. The molecule has 4 N–H and O–H groups in total. The highest BCUT2D eigenvalue weighted by atomic mass is 32.2. The van der Waals surface area contributed by atoms with Gasteiger partial charge in [0.25, 0.3) is 5.91 Å². The number of nitrogens with one attached hydrogen (secondary N) is 4. The van der Waals surface area contributed by atoms with Crippen LogP contribution in [0.2, 0.25) is 0 Å². The van der Waals surface area contributed by atoms with Crippen molar-refractivity contribution in [3.8, 4) is 0 Å². The average Bonchev–Trinajstić information content (AvgIpc) is 3.43. The summed E-state index contributed by atoms with van der Waals surface area (Å²) >= 11 is 0. The maximum atomic E-state index is 14.1. The highest BCUT2D eigenvalue weighted by Gasteiger charge is 2.45. The molecule has 0 spiro atoms. The van der Waals surface area contributed by atoms with Crippen molar-refractivity contribution in [2.24, 2.45) is 11.8 Å². The van der Waals surface area contributed by atoms with E-state index in [2.05, 4.69) is 27.3 Å². The number of carbonyl (C=O) groups is 5. The monoisotopic (exact) mass is 641 g/mol. The van der Waals surface area contributed by atoms with Gasteiger partial charge in [-0.05, 0) is 71.3 Å². The second-order valence-electron chi connectivity index (χ2n) is 11.8. The fourth-order valence-corrected chi connectivity index (χ4v) is 6.50. The van der Waals surface area contributed by atoms with E-state index in [9.17, 15) is 32.4 Å². The Morgan fingerprint density at radius 1 is 1.05 bits per heavy atom. The molecule has 14 heteroatoms. The third kappa shape index (κ3) is 11.2. The van der Waals surface area contributed by atoms with Crippen LogP contribution in [0.25, 0.3) is 0 Å². The van der Waals surface area contributed by atoms with Crippen LogP contribution in [0, 0.1) is 11.8 Å². The van der Waals surface area contributed by atoms with Crippen LogP contribution in [-0.4, -0.2) is 93.0 Å². The summed E-state index contributed by atoms with van der Waals surface area (Å²) in [5, 5.41) is 7.83. The second-order valence-corrected chi connectivity index (χ2v) is 13.9. The number of amides is 4. The average molecular weight is 642 g/mol. The molecule has 44 heavy (non-hydrogen) atoms. The lowest BCUT2D eigenvalue weighted by Crippen LogP contribution is -2.59. The van der Waals surface area contributed by atoms with E-state index in [0.29, 0.717) is 32.2 Å². The maximum absolute atomic E-state index is 14.1. The number of ketones is 1. The summed E-state index contributed by atoms with van der Waals surface area (Å²) in [6.07, 6.45) is 7.44. The number of allylic oxidation sites excluding steroid dienone is 1. The Morgan fingerprint density at radius 3 is 2.32 bits per heavy atom. The highest BCUT2D eigenvalue weighted by molar-refractivity contribution is 7.89. The minimum Gasteiger partial charge on any atom is -0.447 e. The summed E-state index contributed by atoms with van der Waals surface area (Å²) in [7, 11) is -2.34. The molecule has 0 aromatic heterocycles. The first kappa shape index (κ1) is 37.2. The molecule has 4 amide bonds. The Kier molecular flexibility index (Phi) is 15.3. The Balaban J connectivity index is 2.26. The van der Waals surface area contributed by atoms with Gasteiger partial charge in [0.15, 0.2) is 0 Å². The van der Waals surface area contributed by atoms with Gasteiger partial charge in [-0.2, -0.15) is 0 Å².